The van der Waals surface area contributed by atoms with E-state index < -0.39 is 0 Å². The van der Waals surface area contributed by atoms with Gasteiger partial charge >= 0.3 is 0 Å². The third-order valence-corrected chi connectivity index (χ3v) is 3.66. The SMILES string of the molecule is Cc1ccc(CNCCC(=O)NCC(C)C)cc1Br. The zero-order chi connectivity index (χ0) is 14.3. The number of hydrogen-bond acceptors (Lipinski definition) is 2. The second-order valence-electron chi connectivity index (χ2n) is 5.21. The Kier molecular flexibility index (Phi) is 7.10. The van der Waals surface area contributed by atoms with E-state index in [2.05, 4.69) is 65.5 Å². The zero-order valence-electron chi connectivity index (χ0n) is 11.9. The molecule has 1 aromatic carbocycles. The van der Waals surface area contributed by atoms with Gasteiger partial charge in [-0.1, -0.05) is 41.9 Å². The highest BCUT2D eigenvalue weighted by Crippen LogP contribution is 2.17. The molecule has 1 amide bonds. The average Bonchev–Trinajstić information content (AvgIpc) is 2.36. The number of benzene rings is 1. The monoisotopic (exact) mass is 326 g/mol. The fourth-order valence-electron chi connectivity index (χ4n) is 1.59. The maximum absolute atomic E-state index is 11.5. The van der Waals surface area contributed by atoms with Crippen molar-refractivity contribution >= 4 is 21.8 Å². The summed E-state index contributed by atoms with van der Waals surface area (Å²) in [6.07, 6.45) is 0.528. The van der Waals surface area contributed by atoms with Gasteiger partial charge in [0.1, 0.15) is 0 Å². The summed E-state index contributed by atoms with van der Waals surface area (Å²) in [5.41, 5.74) is 2.46. The first-order valence-electron chi connectivity index (χ1n) is 6.71. The molecule has 0 heterocycles. The summed E-state index contributed by atoms with van der Waals surface area (Å²) in [5, 5.41) is 6.20. The van der Waals surface area contributed by atoms with Crippen LogP contribution in [0.3, 0.4) is 0 Å². The van der Waals surface area contributed by atoms with Crippen LogP contribution in [-0.2, 0) is 11.3 Å². The van der Waals surface area contributed by atoms with Gasteiger partial charge in [-0.3, -0.25) is 4.79 Å². The lowest BCUT2D eigenvalue weighted by atomic mass is 10.1. The van der Waals surface area contributed by atoms with Gasteiger partial charge in [-0.2, -0.15) is 0 Å². The molecule has 19 heavy (non-hydrogen) atoms. The Morgan fingerprint density at radius 1 is 1.37 bits per heavy atom. The fraction of sp³-hybridized carbons (Fsp3) is 0.533. The predicted octanol–water partition coefficient (Wildman–Crippen LogP) is 3.01. The van der Waals surface area contributed by atoms with Gasteiger partial charge < -0.3 is 10.6 Å². The number of carbonyl (C=O) groups is 1. The Morgan fingerprint density at radius 3 is 2.74 bits per heavy atom. The van der Waals surface area contributed by atoms with Crippen molar-refractivity contribution in [1.82, 2.24) is 10.6 Å². The van der Waals surface area contributed by atoms with Crippen molar-refractivity contribution in [1.29, 1.82) is 0 Å². The molecule has 0 aliphatic heterocycles. The second-order valence-corrected chi connectivity index (χ2v) is 6.06. The predicted molar refractivity (Wildman–Crippen MR) is 83.1 cm³/mol. The smallest absolute Gasteiger partial charge is 0.221 e. The molecule has 0 fully saturated rings. The van der Waals surface area contributed by atoms with Crippen LogP contribution in [0.4, 0.5) is 0 Å². The fourth-order valence-corrected chi connectivity index (χ4v) is 2.01. The first-order chi connectivity index (χ1) is 8.99. The minimum atomic E-state index is 0.117. The molecule has 0 saturated carbocycles. The molecule has 0 atom stereocenters. The zero-order valence-corrected chi connectivity index (χ0v) is 13.5. The highest BCUT2D eigenvalue weighted by molar-refractivity contribution is 9.10. The average molecular weight is 327 g/mol. The molecule has 0 spiro atoms. The molecule has 0 unspecified atom stereocenters. The minimum absolute atomic E-state index is 0.117. The van der Waals surface area contributed by atoms with Crippen LogP contribution in [-0.4, -0.2) is 19.0 Å². The number of halogens is 1. The highest BCUT2D eigenvalue weighted by atomic mass is 79.9. The van der Waals surface area contributed by atoms with Crippen molar-refractivity contribution in [2.24, 2.45) is 5.92 Å². The highest BCUT2D eigenvalue weighted by Gasteiger charge is 2.02. The quantitative estimate of drug-likeness (QED) is 0.756. The summed E-state index contributed by atoms with van der Waals surface area (Å²) in [5.74, 6) is 0.619. The lowest BCUT2D eigenvalue weighted by Crippen LogP contribution is -2.30. The van der Waals surface area contributed by atoms with E-state index in [-0.39, 0.29) is 5.91 Å². The molecular weight excluding hydrogens is 304 g/mol. The molecule has 1 rings (SSSR count). The number of aryl methyl sites for hydroxylation is 1. The van der Waals surface area contributed by atoms with E-state index in [1.54, 1.807) is 0 Å². The van der Waals surface area contributed by atoms with Crippen LogP contribution < -0.4 is 10.6 Å². The number of nitrogens with one attached hydrogen (secondary N) is 2. The Hall–Kier alpha value is -0.870. The van der Waals surface area contributed by atoms with E-state index in [9.17, 15) is 4.79 Å². The van der Waals surface area contributed by atoms with Crippen LogP contribution in [0, 0.1) is 12.8 Å². The van der Waals surface area contributed by atoms with Gasteiger partial charge in [-0.25, -0.2) is 0 Å². The van der Waals surface area contributed by atoms with Gasteiger partial charge in [0.25, 0.3) is 0 Å². The van der Waals surface area contributed by atoms with Gasteiger partial charge in [0.05, 0.1) is 0 Å². The third kappa shape index (κ3) is 6.73. The van der Waals surface area contributed by atoms with Crippen molar-refractivity contribution < 1.29 is 4.79 Å². The molecule has 0 radical (unpaired) electrons. The Labute approximate surface area is 124 Å². The van der Waals surface area contributed by atoms with Crippen molar-refractivity contribution in [3.63, 3.8) is 0 Å². The largest absolute Gasteiger partial charge is 0.356 e. The van der Waals surface area contributed by atoms with E-state index in [1.807, 2.05) is 0 Å². The van der Waals surface area contributed by atoms with Crippen LogP contribution in [0.15, 0.2) is 22.7 Å². The van der Waals surface area contributed by atoms with Crippen LogP contribution in [0.25, 0.3) is 0 Å². The molecule has 106 valence electrons. The Balaban J connectivity index is 2.20. The van der Waals surface area contributed by atoms with E-state index in [4.69, 9.17) is 0 Å². The second kappa shape index (κ2) is 8.33. The maximum Gasteiger partial charge on any atom is 0.221 e. The molecule has 0 bridgehead atoms. The molecule has 0 aliphatic rings. The van der Waals surface area contributed by atoms with E-state index in [0.29, 0.717) is 18.9 Å². The standard InChI is InChI=1S/C15H23BrN2O/c1-11(2)9-18-15(19)6-7-17-10-13-5-4-12(3)14(16)8-13/h4-5,8,11,17H,6-7,9-10H2,1-3H3,(H,18,19). The lowest BCUT2D eigenvalue weighted by Gasteiger charge is -2.09. The van der Waals surface area contributed by atoms with E-state index >= 15 is 0 Å². The van der Waals surface area contributed by atoms with Gasteiger partial charge in [-0.15, -0.1) is 0 Å². The van der Waals surface area contributed by atoms with Crippen LogP contribution in [0.2, 0.25) is 0 Å². The normalized spacial score (nSPS) is 10.8. The summed E-state index contributed by atoms with van der Waals surface area (Å²) < 4.78 is 1.13. The first kappa shape index (κ1) is 16.2. The number of hydrogen-bond donors (Lipinski definition) is 2. The Morgan fingerprint density at radius 2 is 2.11 bits per heavy atom. The Bertz CT molecular complexity index is 419. The molecular formula is C15H23BrN2O. The summed E-state index contributed by atoms with van der Waals surface area (Å²) in [4.78, 5) is 11.5. The van der Waals surface area contributed by atoms with Crippen molar-refractivity contribution in [2.45, 2.75) is 33.7 Å². The summed E-state index contributed by atoms with van der Waals surface area (Å²) in [7, 11) is 0. The van der Waals surface area contributed by atoms with Crippen molar-refractivity contribution in [3.8, 4) is 0 Å². The summed E-state index contributed by atoms with van der Waals surface area (Å²) in [6.45, 7) is 8.50. The summed E-state index contributed by atoms with van der Waals surface area (Å²) in [6, 6.07) is 6.31. The van der Waals surface area contributed by atoms with Crippen LogP contribution >= 0.6 is 15.9 Å². The van der Waals surface area contributed by atoms with Crippen molar-refractivity contribution in [2.75, 3.05) is 13.1 Å². The molecule has 3 nitrogen and oxygen atoms in total. The minimum Gasteiger partial charge on any atom is -0.356 e. The topological polar surface area (TPSA) is 41.1 Å². The molecule has 2 N–H and O–H groups in total. The maximum atomic E-state index is 11.5. The number of rotatable bonds is 7. The van der Waals surface area contributed by atoms with Crippen LogP contribution in [0.5, 0.6) is 0 Å². The van der Waals surface area contributed by atoms with E-state index in [1.165, 1.54) is 11.1 Å². The molecule has 1 aromatic rings. The summed E-state index contributed by atoms with van der Waals surface area (Å²) >= 11 is 3.52. The number of carbonyl (C=O) groups excluding carboxylic acids is 1. The lowest BCUT2D eigenvalue weighted by molar-refractivity contribution is -0.121. The number of amides is 1. The molecule has 0 aromatic heterocycles. The first-order valence-corrected chi connectivity index (χ1v) is 7.50. The molecule has 4 heteroatoms. The molecule has 0 saturated heterocycles. The molecule has 0 aliphatic carbocycles. The van der Waals surface area contributed by atoms with Crippen LogP contribution in [0.1, 0.15) is 31.4 Å². The van der Waals surface area contributed by atoms with Crippen molar-refractivity contribution in [3.05, 3.63) is 33.8 Å². The van der Waals surface area contributed by atoms with E-state index in [0.717, 1.165) is 17.6 Å². The third-order valence-electron chi connectivity index (χ3n) is 2.80. The van der Waals surface area contributed by atoms with Gasteiger partial charge in [0.2, 0.25) is 5.91 Å². The van der Waals surface area contributed by atoms with Gasteiger partial charge in [0, 0.05) is 30.5 Å². The van der Waals surface area contributed by atoms with Gasteiger partial charge in [-0.05, 0) is 30.0 Å². The van der Waals surface area contributed by atoms with Gasteiger partial charge in [0.15, 0.2) is 0 Å².